The van der Waals surface area contributed by atoms with Crippen molar-refractivity contribution in [2.24, 2.45) is 0 Å². The highest BCUT2D eigenvalue weighted by Gasteiger charge is 2.37. The molecule has 0 saturated carbocycles. The van der Waals surface area contributed by atoms with Crippen molar-refractivity contribution in [3.05, 3.63) is 34.9 Å². The lowest BCUT2D eigenvalue weighted by Gasteiger charge is -2.42. The first-order valence-electron chi connectivity index (χ1n) is 11.8. The summed E-state index contributed by atoms with van der Waals surface area (Å²) in [5.41, 5.74) is 5.14. The zero-order valence-corrected chi connectivity index (χ0v) is 20.0. The Bertz CT molecular complexity index is 677. The van der Waals surface area contributed by atoms with Gasteiger partial charge >= 0.3 is 0 Å². The molecule has 1 aliphatic carbocycles. The molecule has 3 atom stereocenters. The van der Waals surface area contributed by atoms with E-state index in [1.807, 2.05) is 7.11 Å². The maximum atomic E-state index is 5.98. The summed E-state index contributed by atoms with van der Waals surface area (Å²) >= 11 is 0. The van der Waals surface area contributed by atoms with Crippen molar-refractivity contribution in [3.8, 4) is 0 Å². The molecule has 1 aliphatic heterocycles. The molecule has 3 nitrogen and oxygen atoms in total. The van der Waals surface area contributed by atoms with Gasteiger partial charge < -0.3 is 15.0 Å². The Morgan fingerprint density at radius 1 is 1.14 bits per heavy atom. The third kappa shape index (κ3) is 5.06. The van der Waals surface area contributed by atoms with Gasteiger partial charge in [0.05, 0.1) is 6.10 Å². The first-order chi connectivity index (χ1) is 13.7. The minimum Gasteiger partial charge on any atom is -0.381 e. The van der Waals surface area contributed by atoms with Crippen LogP contribution in [0.5, 0.6) is 0 Å². The van der Waals surface area contributed by atoms with Crippen molar-refractivity contribution in [2.75, 3.05) is 33.3 Å². The number of methoxy groups -OCH3 is 1. The van der Waals surface area contributed by atoms with Gasteiger partial charge in [-0.3, -0.25) is 0 Å². The normalized spacial score (nSPS) is 26.0. The van der Waals surface area contributed by atoms with Crippen molar-refractivity contribution in [1.29, 1.82) is 0 Å². The van der Waals surface area contributed by atoms with Gasteiger partial charge in [-0.1, -0.05) is 52.8 Å². The van der Waals surface area contributed by atoms with Crippen LogP contribution >= 0.6 is 0 Å². The fourth-order valence-corrected chi connectivity index (χ4v) is 5.56. The van der Waals surface area contributed by atoms with Gasteiger partial charge in [0.2, 0.25) is 0 Å². The molecule has 0 bridgehead atoms. The number of fused-ring (bicyclic) bond motifs is 1. The van der Waals surface area contributed by atoms with Crippen LogP contribution in [0, 0.1) is 0 Å². The lowest BCUT2D eigenvalue weighted by molar-refractivity contribution is 0.0673. The molecule has 2 unspecified atom stereocenters. The standard InChI is InChI=1S/C26H44N2O/c1-8-24(29-7)21(11-15-28-16-14-27-19(2)18-28)20-9-10-22-23(17-20)26(5,6)13-12-25(22,3)4/h9-10,17,19,21,24,27H,8,11-16,18H2,1-7H3/t19-,21?,24?/m0/s1. The molecule has 0 radical (unpaired) electrons. The zero-order valence-electron chi connectivity index (χ0n) is 20.0. The molecule has 1 heterocycles. The van der Waals surface area contributed by atoms with E-state index in [0.717, 1.165) is 32.6 Å². The van der Waals surface area contributed by atoms with Crippen LogP contribution in [-0.2, 0) is 15.6 Å². The Labute approximate surface area is 179 Å². The number of ether oxygens (including phenoxy) is 1. The Kier molecular flexibility index (Phi) is 7.13. The molecule has 3 heteroatoms. The minimum atomic E-state index is 0.258. The second-order valence-corrected chi connectivity index (χ2v) is 10.8. The van der Waals surface area contributed by atoms with Crippen molar-refractivity contribution in [3.63, 3.8) is 0 Å². The molecular weight excluding hydrogens is 356 g/mol. The van der Waals surface area contributed by atoms with E-state index in [9.17, 15) is 0 Å². The van der Waals surface area contributed by atoms with Crippen LogP contribution in [0.3, 0.4) is 0 Å². The first-order valence-corrected chi connectivity index (χ1v) is 11.8. The molecule has 29 heavy (non-hydrogen) atoms. The summed E-state index contributed by atoms with van der Waals surface area (Å²) in [6.07, 6.45) is 5.05. The molecule has 1 N–H and O–H groups in total. The van der Waals surface area contributed by atoms with Crippen LogP contribution in [0.1, 0.15) is 89.8 Å². The Balaban J connectivity index is 1.87. The van der Waals surface area contributed by atoms with Crippen molar-refractivity contribution in [2.45, 2.75) is 96.1 Å². The van der Waals surface area contributed by atoms with Crippen LogP contribution in [0.15, 0.2) is 18.2 Å². The largest absolute Gasteiger partial charge is 0.381 e. The van der Waals surface area contributed by atoms with E-state index in [2.05, 4.69) is 70.0 Å². The Morgan fingerprint density at radius 3 is 2.45 bits per heavy atom. The molecule has 1 fully saturated rings. The van der Waals surface area contributed by atoms with E-state index in [0.29, 0.717) is 12.0 Å². The number of hydrogen-bond donors (Lipinski definition) is 1. The van der Waals surface area contributed by atoms with Crippen LogP contribution in [0.25, 0.3) is 0 Å². The Hall–Kier alpha value is -0.900. The summed E-state index contributed by atoms with van der Waals surface area (Å²) in [5.74, 6) is 0.460. The van der Waals surface area contributed by atoms with Gasteiger partial charge in [0.1, 0.15) is 0 Å². The second kappa shape index (κ2) is 9.08. The van der Waals surface area contributed by atoms with E-state index in [1.165, 1.54) is 24.8 Å². The number of nitrogens with zero attached hydrogens (tertiary/aromatic N) is 1. The van der Waals surface area contributed by atoms with E-state index in [4.69, 9.17) is 4.74 Å². The van der Waals surface area contributed by atoms with Gasteiger partial charge in [-0.25, -0.2) is 0 Å². The van der Waals surface area contributed by atoms with E-state index in [-0.39, 0.29) is 16.9 Å². The fraction of sp³-hybridized carbons (Fsp3) is 0.769. The monoisotopic (exact) mass is 400 g/mol. The van der Waals surface area contributed by atoms with Gasteiger partial charge in [-0.15, -0.1) is 0 Å². The van der Waals surface area contributed by atoms with E-state index in [1.54, 1.807) is 11.1 Å². The maximum absolute atomic E-state index is 5.98. The van der Waals surface area contributed by atoms with Crippen LogP contribution in [0.2, 0.25) is 0 Å². The smallest absolute Gasteiger partial charge is 0.0637 e. The van der Waals surface area contributed by atoms with Crippen LogP contribution in [0.4, 0.5) is 0 Å². The van der Waals surface area contributed by atoms with Crippen molar-refractivity contribution in [1.82, 2.24) is 10.2 Å². The number of piperazine rings is 1. The highest BCUT2D eigenvalue weighted by molar-refractivity contribution is 5.44. The molecule has 0 amide bonds. The van der Waals surface area contributed by atoms with Crippen molar-refractivity contribution < 1.29 is 4.74 Å². The molecule has 1 saturated heterocycles. The van der Waals surface area contributed by atoms with Gasteiger partial charge in [-0.05, 0) is 66.7 Å². The highest BCUT2D eigenvalue weighted by Crippen LogP contribution is 2.46. The molecule has 164 valence electrons. The molecule has 0 aromatic heterocycles. The average Bonchev–Trinajstić information content (AvgIpc) is 2.68. The summed E-state index contributed by atoms with van der Waals surface area (Å²) in [5, 5.41) is 3.56. The number of rotatable bonds is 7. The van der Waals surface area contributed by atoms with Gasteiger partial charge in [0.25, 0.3) is 0 Å². The lowest BCUT2D eigenvalue weighted by Crippen LogP contribution is -2.49. The fourth-order valence-electron chi connectivity index (χ4n) is 5.56. The van der Waals surface area contributed by atoms with Gasteiger partial charge in [-0.2, -0.15) is 0 Å². The zero-order chi connectivity index (χ0) is 21.2. The summed E-state index contributed by atoms with van der Waals surface area (Å²) in [6.45, 7) is 18.8. The van der Waals surface area contributed by atoms with E-state index >= 15 is 0 Å². The molecule has 1 aromatic carbocycles. The van der Waals surface area contributed by atoms with Gasteiger partial charge in [0, 0.05) is 38.7 Å². The topological polar surface area (TPSA) is 24.5 Å². The number of hydrogen-bond acceptors (Lipinski definition) is 3. The predicted octanol–water partition coefficient (Wildman–Crippen LogP) is 5.23. The molecule has 0 spiro atoms. The third-order valence-electron chi connectivity index (χ3n) is 7.67. The quantitative estimate of drug-likeness (QED) is 0.678. The van der Waals surface area contributed by atoms with Crippen molar-refractivity contribution >= 4 is 0 Å². The third-order valence-corrected chi connectivity index (χ3v) is 7.67. The van der Waals surface area contributed by atoms with E-state index < -0.39 is 0 Å². The number of nitrogens with one attached hydrogen (secondary N) is 1. The second-order valence-electron chi connectivity index (χ2n) is 10.8. The number of benzene rings is 1. The molecule has 3 rings (SSSR count). The predicted molar refractivity (Wildman–Crippen MR) is 124 cm³/mol. The highest BCUT2D eigenvalue weighted by atomic mass is 16.5. The average molecular weight is 401 g/mol. The summed E-state index contributed by atoms with van der Waals surface area (Å²) in [4.78, 5) is 2.63. The van der Waals surface area contributed by atoms with Crippen LogP contribution < -0.4 is 5.32 Å². The molecule has 1 aromatic rings. The molecular formula is C26H44N2O. The first kappa shape index (κ1) is 22.8. The van der Waals surface area contributed by atoms with Crippen LogP contribution in [-0.4, -0.2) is 50.3 Å². The SMILES string of the molecule is CCC(OC)C(CCN1CCN[C@@H](C)C1)c1ccc2c(c1)C(C)(C)CCC2(C)C. The summed E-state index contributed by atoms with van der Waals surface area (Å²) in [7, 11) is 1.89. The molecule has 2 aliphatic rings. The maximum Gasteiger partial charge on any atom is 0.0637 e. The lowest BCUT2D eigenvalue weighted by atomic mass is 9.62. The minimum absolute atomic E-state index is 0.258. The van der Waals surface area contributed by atoms with Gasteiger partial charge in [0.15, 0.2) is 0 Å². The Morgan fingerprint density at radius 2 is 1.83 bits per heavy atom. The summed E-state index contributed by atoms with van der Waals surface area (Å²) < 4.78 is 5.98. The summed E-state index contributed by atoms with van der Waals surface area (Å²) in [6, 6.07) is 7.99.